The summed E-state index contributed by atoms with van der Waals surface area (Å²) in [4.78, 5) is 22.7. The highest BCUT2D eigenvalue weighted by Crippen LogP contribution is 2.28. The molecule has 0 aliphatic carbocycles. The first-order valence-corrected chi connectivity index (χ1v) is 4.58. The molecular weight excluding hydrogens is 210 g/mol. The minimum atomic E-state index is -0.591. The van der Waals surface area contributed by atoms with Gasteiger partial charge in [-0.25, -0.2) is 4.79 Å². The molecule has 86 valence electrons. The first kappa shape index (κ1) is 12.0. The number of ketones is 1. The Morgan fingerprint density at radius 1 is 1.25 bits per heavy atom. The summed E-state index contributed by atoms with van der Waals surface area (Å²) in [6, 6.07) is 2.87. The van der Waals surface area contributed by atoms with Gasteiger partial charge in [-0.15, -0.1) is 0 Å². The minimum Gasteiger partial charge on any atom is -0.494 e. The van der Waals surface area contributed by atoms with Gasteiger partial charge in [0.05, 0.1) is 19.9 Å². The van der Waals surface area contributed by atoms with Crippen molar-refractivity contribution in [3.05, 3.63) is 23.3 Å². The summed E-state index contributed by atoms with van der Waals surface area (Å²) in [6.07, 6.45) is 0. The van der Waals surface area contributed by atoms with Gasteiger partial charge in [0.15, 0.2) is 11.5 Å². The maximum absolute atomic E-state index is 11.5. The fourth-order valence-electron chi connectivity index (χ4n) is 1.34. The molecule has 0 amide bonds. The number of carbonyl (C=O) groups excluding carboxylic acids is 2. The van der Waals surface area contributed by atoms with Crippen LogP contribution in [0.25, 0.3) is 0 Å². The Bertz CT molecular complexity index is 440. The van der Waals surface area contributed by atoms with Crippen LogP contribution < -0.4 is 10.5 Å². The van der Waals surface area contributed by atoms with Gasteiger partial charge in [0.25, 0.3) is 0 Å². The van der Waals surface area contributed by atoms with E-state index in [-0.39, 0.29) is 22.8 Å². The number of esters is 1. The van der Waals surface area contributed by atoms with Crippen LogP contribution in [0.15, 0.2) is 12.1 Å². The lowest BCUT2D eigenvalue weighted by Crippen LogP contribution is -2.08. The fraction of sp³-hybridized carbons (Fsp3) is 0.273. The highest BCUT2D eigenvalue weighted by Gasteiger charge is 2.18. The van der Waals surface area contributed by atoms with Crippen LogP contribution in [0.2, 0.25) is 0 Å². The molecule has 0 unspecified atom stereocenters. The molecule has 16 heavy (non-hydrogen) atoms. The van der Waals surface area contributed by atoms with E-state index in [9.17, 15) is 9.59 Å². The Morgan fingerprint density at radius 3 is 2.31 bits per heavy atom. The monoisotopic (exact) mass is 223 g/mol. The van der Waals surface area contributed by atoms with Gasteiger partial charge < -0.3 is 15.2 Å². The molecule has 0 spiro atoms. The van der Waals surface area contributed by atoms with E-state index in [2.05, 4.69) is 4.74 Å². The van der Waals surface area contributed by atoms with Gasteiger partial charge >= 0.3 is 5.97 Å². The molecule has 1 rings (SSSR count). The van der Waals surface area contributed by atoms with E-state index >= 15 is 0 Å². The quantitative estimate of drug-likeness (QED) is 0.474. The second kappa shape index (κ2) is 4.65. The van der Waals surface area contributed by atoms with Crippen LogP contribution in [-0.4, -0.2) is 26.0 Å². The highest BCUT2D eigenvalue weighted by molar-refractivity contribution is 6.01. The van der Waals surface area contributed by atoms with Crippen molar-refractivity contribution in [1.82, 2.24) is 0 Å². The molecule has 0 atom stereocenters. The topological polar surface area (TPSA) is 78.6 Å². The molecule has 0 fully saturated rings. The van der Waals surface area contributed by atoms with Crippen molar-refractivity contribution >= 4 is 17.4 Å². The van der Waals surface area contributed by atoms with Crippen molar-refractivity contribution in [2.24, 2.45) is 0 Å². The molecule has 2 N–H and O–H groups in total. The number of methoxy groups -OCH3 is 2. The van der Waals surface area contributed by atoms with E-state index in [4.69, 9.17) is 10.5 Å². The summed E-state index contributed by atoms with van der Waals surface area (Å²) >= 11 is 0. The molecular formula is C11H13NO4. The van der Waals surface area contributed by atoms with Gasteiger partial charge in [-0.2, -0.15) is 0 Å². The second-order valence-electron chi connectivity index (χ2n) is 3.19. The van der Waals surface area contributed by atoms with Crippen LogP contribution in [0.3, 0.4) is 0 Å². The second-order valence-corrected chi connectivity index (χ2v) is 3.19. The third-order valence-electron chi connectivity index (χ3n) is 2.13. The van der Waals surface area contributed by atoms with E-state index in [0.717, 1.165) is 0 Å². The summed E-state index contributed by atoms with van der Waals surface area (Å²) in [5.41, 5.74) is 6.40. The van der Waals surface area contributed by atoms with Crippen molar-refractivity contribution in [2.45, 2.75) is 6.92 Å². The average molecular weight is 223 g/mol. The van der Waals surface area contributed by atoms with Gasteiger partial charge in [-0.1, -0.05) is 0 Å². The summed E-state index contributed by atoms with van der Waals surface area (Å²) < 4.78 is 9.58. The van der Waals surface area contributed by atoms with Crippen LogP contribution in [0.5, 0.6) is 5.75 Å². The zero-order chi connectivity index (χ0) is 12.3. The van der Waals surface area contributed by atoms with Gasteiger partial charge in [0.1, 0.15) is 5.56 Å². The summed E-state index contributed by atoms with van der Waals surface area (Å²) in [6.45, 7) is 1.39. The van der Waals surface area contributed by atoms with Gasteiger partial charge in [-0.3, -0.25) is 4.79 Å². The predicted octanol–water partition coefficient (Wildman–Crippen LogP) is 1.27. The molecule has 0 aromatic heterocycles. The Labute approximate surface area is 93.1 Å². The van der Waals surface area contributed by atoms with Crippen LogP contribution in [-0.2, 0) is 4.74 Å². The minimum absolute atomic E-state index is 0.148. The lowest BCUT2D eigenvalue weighted by atomic mass is 10.1. The van der Waals surface area contributed by atoms with Gasteiger partial charge in [-0.05, 0) is 19.1 Å². The first-order chi connectivity index (χ1) is 7.51. The van der Waals surface area contributed by atoms with Crippen LogP contribution >= 0.6 is 0 Å². The number of ether oxygens (including phenoxy) is 2. The molecule has 0 heterocycles. The molecule has 0 saturated heterocycles. The summed E-state index contributed by atoms with van der Waals surface area (Å²) in [5, 5.41) is 0. The van der Waals surface area contributed by atoms with Gasteiger partial charge in [0.2, 0.25) is 0 Å². The van der Waals surface area contributed by atoms with Crippen LogP contribution in [0.1, 0.15) is 27.6 Å². The molecule has 1 aromatic rings. The molecule has 5 heteroatoms. The third-order valence-corrected chi connectivity index (χ3v) is 2.13. The number of hydrogen-bond donors (Lipinski definition) is 1. The lowest BCUT2D eigenvalue weighted by Gasteiger charge is -2.11. The SMILES string of the molecule is COC(=O)c1cc(C(C)=O)cc(N)c1OC. The average Bonchev–Trinajstić information content (AvgIpc) is 2.26. The standard InChI is InChI=1S/C11H13NO4/c1-6(13)7-4-8(11(14)16-3)10(15-2)9(12)5-7/h4-5H,12H2,1-3H3. The van der Waals surface area contributed by atoms with E-state index in [1.807, 2.05) is 0 Å². The highest BCUT2D eigenvalue weighted by atomic mass is 16.5. The van der Waals surface area contributed by atoms with Gasteiger partial charge in [0, 0.05) is 5.56 Å². The predicted molar refractivity (Wildman–Crippen MR) is 58.8 cm³/mol. The Balaban J connectivity index is 3.42. The Kier molecular flexibility index (Phi) is 3.50. The third kappa shape index (κ3) is 2.13. The maximum Gasteiger partial charge on any atom is 0.341 e. The number of anilines is 1. The Morgan fingerprint density at radius 2 is 1.88 bits per heavy atom. The lowest BCUT2D eigenvalue weighted by molar-refractivity contribution is 0.0597. The molecule has 0 aliphatic rings. The number of rotatable bonds is 3. The van der Waals surface area contributed by atoms with Crippen LogP contribution in [0.4, 0.5) is 5.69 Å². The number of nitrogen functional groups attached to an aromatic ring is 1. The molecule has 0 radical (unpaired) electrons. The molecule has 0 saturated carbocycles. The zero-order valence-electron chi connectivity index (χ0n) is 9.37. The summed E-state index contributed by atoms with van der Waals surface area (Å²) in [5.74, 6) is -0.553. The molecule has 1 aromatic carbocycles. The fourth-order valence-corrected chi connectivity index (χ4v) is 1.34. The first-order valence-electron chi connectivity index (χ1n) is 4.58. The Hall–Kier alpha value is -2.04. The van der Waals surface area contributed by atoms with Crippen molar-refractivity contribution < 1.29 is 19.1 Å². The molecule has 0 aliphatic heterocycles. The number of carbonyl (C=O) groups is 2. The number of benzene rings is 1. The van der Waals surface area contributed by atoms with E-state index < -0.39 is 5.97 Å². The largest absolute Gasteiger partial charge is 0.494 e. The van der Waals surface area contributed by atoms with Crippen molar-refractivity contribution in [2.75, 3.05) is 20.0 Å². The maximum atomic E-state index is 11.5. The van der Waals surface area contributed by atoms with E-state index in [1.54, 1.807) is 0 Å². The van der Waals surface area contributed by atoms with Crippen LogP contribution in [0, 0.1) is 0 Å². The normalized spacial score (nSPS) is 9.69. The van der Waals surface area contributed by atoms with E-state index in [0.29, 0.717) is 5.56 Å². The van der Waals surface area contributed by atoms with E-state index in [1.165, 1.54) is 33.3 Å². The molecule has 5 nitrogen and oxygen atoms in total. The number of nitrogens with two attached hydrogens (primary N) is 1. The van der Waals surface area contributed by atoms with Crippen molar-refractivity contribution in [1.29, 1.82) is 0 Å². The number of hydrogen-bond acceptors (Lipinski definition) is 5. The zero-order valence-corrected chi connectivity index (χ0v) is 9.37. The summed E-state index contributed by atoms with van der Waals surface area (Å²) in [7, 11) is 2.64. The smallest absolute Gasteiger partial charge is 0.341 e. The molecule has 0 bridgehead atoms. The van der Waals surface area contributed by atoms with Crippen molar-refractivity contribution in [3.63, 3.8) is 0 Å². The van der Waals surface area contributed by atoms with Crippen molar-refractivity contribution in [3.8, 4) is 5.75 Å². The number of Topliss-reactive ketones (excluding diaryl/α,β-unsaturated/α-hetero) is 1.